The van der Waals surface area contributed by atoms with Gasteiger partial charge in [0.15, 0.2) is 5.16 Å². The lowest BCUT2D eigenvalue weighted by molar-refractivity contribution is -0.385. The van der Waals surface area contributed by atoms with E-state index in [-0.39, 0.29) is 22.6 Å². The minimum absolute atomic E-state index is 0.0750. The number of thiophene rings is 1. The Balaban J connectivity index is 1.94. The zero-order valence-corrected chi connectivity index (χ0v) is 14.6. The van der Waals surface area contributed by atoms with Gasteiger partial charge in [-0.3, -0.25) is 24.3 Å². The van der Waals surface area contributed by atoms with Crippen LogP contribution in [0.3, 0.4) is 0 Å². The number of hydrogen-bond acceptors (Lipinski definition) is 7. The van der Waals surface area contributed by atoms with Gasteiger partial charge in [-0.25, -0.2) is 4.98 Å². The van der Waals surface area contributed by atoms with Gasteiger partial charge in [-0.05, 0) is 17.5 Å². The summed E-state index contributed by atoms with van der Waals surface area (Å²) < 4.78 is 1.42. The number of nitrogens with zero attached hydrogens (tertiary/aromatic N) is 3. The normalized spacial score (nSPS) is 10.9. The van der Waals surface area contributed by atoms with Crippen LogP contribution >= 0.6 is 23.1 Å². The molecule has 128 valence electrons. The van der Waals surface area contributed by atoms with Gasteiger partial charge in [0, 0.05) is 30.0 Å². The highest BCUT2D eigenvalue weighted by molar-refractivity contribution is 7.98. The van der Waals surface area contributed by atoms with E-state index in [0.29, 0.717) is 20.9 Å². The van der Waals surface area contributed by atoms with Crippen LogP contribution in [-0.2, 0) is 12.8 Å². The maximum absolute atomic E-state index is 12.3. The van der Waals surface area contributed by atoms with Crippen molar-refractivity contribution in [3.8, 4) is 0 Å². The van der Waals surface area contributed by atoms with Crippen LogP contribution in [0.2, 0.25) is 0 Å². The van der Waals surface area contributed by atoms with Crippen molar-refractivity contribution in [2.75, 3.05) is 0 Å². The van der Waals surface area contributed by atoms with Crippen LogP contribution in [0.4, 0.5) is 5.69 Å². The third-order valence-electron chi connectivity index (χ3n) is 3.59. The summed E-state index contributed by atoms with van der Waals surface area (Å²) in [6.45, 7) is 0. The van der Waals surface area contributed by atoms with Crippen LogP contribution < -0.4 is 11.3 Å². The van der Waals surface area contributed by atoms with Crippen LogP contribution in [0.15, 0.2) is 39.6 Å². The number of primary amides is 1. The molecule has 2 aromatic heterocycles. The second kappa shape index (κ2) is 6.65. The Morgan fingerprint density at radius 2 is 2.20 bits per heavy atom. The fraction of sp³-hybridized carbons (Fsp3) is 0.133. The first-order chi connectivity index (χ1) is 11.9. The predicted molar refractivity (Wildman–Crippen MR) is 96.0 cm³/mol. The van der Waals surface area contributed by atoms with Gasteiger partial charge in [0.25, 0.3) is 11.2 Å². The summed E-state index contributed by atoms with van der Waals surface area (Å²) in [5.74, 6) is -0.499. The zero-order chi connectivity index (χ0) is 18.1. The Bertz CT molecular complexity index is 1060. The highest BCUT2D eigenvalue weighted by Crippen LogP contribution is 2.28. The van der Waals surface area contributed by atoms with E-state index in [1.54, 1.807) is 18.5 Å². The van der Waals surface area contributed by atoms with Gasteiger partial charge < -0.3 is 5.73 Å². The summed E-state index contributed by atoms with van der Waals surface area (Å²) in [7, 11) is 1.61. The predicted octanol–water partition coefficient (Wildman–Crippen LogP) is 2.29. The van der Waals surface area contributed by atoms with Gasteiger partial charge in [0.05, 0.1) is 10.3 Å². The molecule has 0 saturated carbocycles. The Morgan fingerprint density at radius 1 is 1.44 bits per heavy atom. The summed E-state index contributed by atoms with van der Waals surface area (Å²) in [5.41, 5.74) is 5.31. The zero-order valence-electron chi connectivity index (χ0n) is 13.0. The molecule has 0 unspecified atom stereocenters. The van der Waals surface area contributed by atoms with Gasteiger partial charge in [0.1, 0.15) is 4.83 Å². The quantitative estimate of drug-likeness (QED) is 0.316. The molecule has 1 amide bonds. The third kappa shape index (κ3) is 3.26. The summed E-state index contributed by atoms with van der Waals surface area (Å²) in [5, 5.41) is 14.1. The Kier molecular flexibility index (Phi) is 4.55. The average Bonchev–Trinajstić information content (AvgIpc) is 3.05. The molecule has 3 aromatic rings. The summed E-state index contributed by atoms with van der Waals surface area (Å²) in [6, 6.07) is 5.82. The molecule has 2 heterocycles. The highest BCUT2D eigenvalue weighted by Gasteiger charge is 2.18. The molecule has 0 saturated heterocycles. The Hall–Kier alpha value is -2.72. The standard InChI is InChI=1S/C15H12N4O4S2/c1-18-14(21)10-4-5-24-13(10)17-15(18)25-7-9-3-2-8(12(16)20)6-11(9)19(22)23/h2-6H,7H2,1H3,(H2,16,20). The van der Waals surface area contributed by atoms with Crippen molar-refractivity contribution in [2.24, 2.45) is 12.8 Å². The summed E-state index contributed by atoms with van der Waals surface area (Å²) in [4.78, 5) is 39.2. The highest BCUT2D eigenvalue weighted by atomic mass is 32.2. The lowest BCUT2D eigenvalue weighted by Gasteiger charge is -2.08. The average molecular weight is 376 g/mol. The fourth-order valence-electron chi connectivity index (χ4n) is 2.26. The number of amides is 1. The van der Waals surface area contributed by atoms with Crippen molar-refractivity contribution < 1.29 is 9.72 Å². The summed E-state index contributed by atoms with van der Waals surface area (Å²) in [6.07, 6.45) is 0. The number of nitrogens with two attached hydrogens (primary N) is 1. The number of carbonyl (C=O) groups is 1. The number of thioether (sulfide) groups is 1. The van der Waals surface area contributed by atoms with Crippen molar-refractivity contribution in [3.63, 3.8) is 0 Å². The molecular weight excluding hydrogens is 364 g/mol. The molecule has 1 aromatic carbocycles. The first kappa shape index (κ1) is 17.1. The maximum Gasteiger partial charge on any atom is 0.274 e. The number of benzene rings is 1. The van der Waals surface area contributed by atoms with E-state index in [0.717, 1.165) is 6.07 Å². The molecule has 0 bridgehead atoms. The van der Waals surface area contributed by atoms with Gasteiger partial charge in [0.2, 0.25) is 5.91 Å². The smallest absolute Gasteiger partial charge is 0.274 e. The molecule has 3 rings (SSSR count). The molecule has 0 aliphatic carbocycles. The van der Waals surface area contributed by atoms with Crippen LogP contribution in [0.1, 0.15) is 15.9 Å². The SMILES string of the molecule is Cn1c(SCc2ccc(C(N)=O)cc2[N+](=O)[O-])nc2sccc2c1=O. The molecule has 8 nitrogen and oxygen atoms in total. The molecule has 10 heteroatoms. The van der Waals surface area contributed by atoms with E-state index in [9.17, 15) is 19.7 Å². The first-order valence-corrected chi connectivity index (χ1v) is 8.89. The topological polar surface area (TPSA) is 121 Å². The number of nitro groups is 1. The van der Waals surface area contributed by atoms with E-state index in [2.05, 4.69) is 4.98 Å². The second-order valence-electron chi connectivity index (χ2n) is 5.15. The maximum atomic E-state index is 12.3. The largest absolute Gasteiger partial charge is 0.366 e. The van der Waals surface area contributed by atoms with E-state index in [4.69, 9.17) is 5.73 Å². The van der Waals surface area contributed by atoms with Crippen molar-refractivity contribution in [1.29, 1.82) is 0 Å². The minimum Gasteiger partial charge on any atom is -0.366 e. The molecule has 0 atom stereocenters. The van der Waals surface area contributed by atoms with E-state index in [1.165, 1.54) is 39.8 Å². The fourth-order valence-corrected chi connectivity index (χ4v) is 4.03. The van der Waals surface area contributed by atoms with E-state index >= 15 is 0 Å². The van der Waals surface area contributed by atoms with Crippen molar-refractivity contribution in [1.82, 2.24) is 9.55 Å². The monoisotopic (exact) mass is 376 g/mol. The number of fused-ring (bicyclic) bond motifs is 1. The van der Waals surface area contributed by atoms with Gasteiger partial charge >= 0.3 is 0 Å². The van der Waals surface area contributed by atoms with Crippen LogP contribution in [0.25, 0.3) is 10.2 Å². The first-order valence-electron chi connectivity index (χ1n) is 7.02. The van der Waals surface area contributed by atoms with Crippen LogP contribution in [-0.4, -0.2) is 20.4 Å². The third-order valence-corrected chi connectivity index (χ3v) is 5.47. The molecule has 25 heavy (non-hydrogen) atoms. The molecule has 0 radical (unpaired) electrons. The molecular formula is C15H12N4O4S2. The second-order valence-corrected chi connectivity index (χ2v) is 6.99. The van der Waals surface area contributed by atoms with Crippen LogP contribution in [0.5, 0.6) is 0 Å². The number of carbonyl (C=O) groups excluding carboxylic acids is 1. The molecule has 0 aliphatic heterocycles. The van der Waals surface area contributed by atoms with Crippen LogP contribution in [0, 0.1) is 10.1 Å². The van der Waals surface area contributed by atoms with Crippen molar-refractivity contribution in [3.05, 3.63) is 61.2 Å². The molecule has 0 spiro atoms. The lowest BCUT2D eigenvalue weighted by atomic mass is 10.1. The Morgan fingerprint density at radius 3 is 2.88 bits per heavy atom. The minimum atomic E-state index is -0.727. The number of nitro benzene ring substituents is 1. The van der Waals surface area contributed by atoms with Gasteiger partial charge in [-0.15, -0.1) is 11.3 Å². The lowest BCUT2D eigenvalue weighted by Crippen LogP contribution is -2.19. The van der Waals surface area contributed by atoms with Gasteiger partial charge in [-0.1, -0.05) is 17.8 Å². The molecule has 0 fully saturated rings. The van der Waals surface area contributed by atoms with E-state index < -0.39 is 10.8 Å². The molecule has 0 aliphatic rings. The van der Waals surface area contributed by atoms with E-state index in [1.807, 2.05) is 0 Å². The van der Waals surface area contributed by atoms with Crippen molar-refractivity contribution >= 4 is 44.9 Å². The Labute approximate surface area is 149 Å². The number of aromatic nitrogens is 2. The van der Waals surface area contributed by atoms with Gasteiger partial charge in [-0.2, -0.15) is 0 Å². The number of rotatable bonds is 5. The molecule has 2 N–H and O–H groups in total. The van der Waals surface area contributed by atoms with Crippen molar-refractivity contribution in [2.45, 2.75) is 10.9 Å². The summed E-state index contributed by atoms with van der Waals surface area (Å²) >= 11 is 2.58. The number of hydrogen-bond donors (Lipinski definition) is 1.